The first kappa shape index (κ1) is 23.0. The normalized spacial score (nSPS) is 14.0. The van der Waals surface area contributed by atoms with Crippen LogP contribution in [0, 0.1) is 10.1 Å². The second-order valence-corrected chi connectivity index (χ2v) is 7.34. The Labute approximate surface area is 186 Å². The highest BCUT2D eigenvalue weighted by Crippen LogP contribution is 2.28. The molecule has 1 aliphatic heterocycles. The predicted octanol–water partition coefficient (Wildman–Crippen LogP) is 1.87. The van der Waals surface area contributed by atoms with Crippen molar-refractivity contribution in [3.63, 3.8) is 0 Å². The number of nitro groups is 1. The first-order chi connectivity index (χ1) is 15.5. The van der Waals surface area contributed by atoms with E-state index in [0.717, 1.165) is 44.2 Å². The van der Waals surface area contributed by atoms with Crippen molar-refractivity contribution >= 4 is 28.9 Å². The average Bonchev–Trinajstić information content (AvgIpc) is 2.82. The Morgan fingerprint density at radius 1 is 1.03 bits per heavy atom. The molecule has 1 heterocycles. The van der Waals surface area contributed by atoms with Crippen LogP contribution in [0.15, 0.2) is 48.5 Å². The van der Waals surface area contributed by atoms with Gasteiger partial charge in [0.1, 0.15) is 11.4 Å². The quantitative estimate of drug-likeness (QED) is 0.278. The molecule has 0 aliphatic carbocycles. The van der Waals surface area contributed by atoms with Crippen LogP contribution in [-0.2, 0) is 9.59 Å². The third-order valence-electron chi connectivity index (χ3n) is 5.29. The number of rotatable bonds is 8. The SMILES string of the molecule is COc1ccccc1N1CCN(CCCNC(=O)C(=O)Nc2ccccc2[N+](=O)[O-])CC1. The summed E-state index contributed by atoms with van der Waals surface area (Å²) in [6, 6.07) is 13.6. The van der Waals surface area contributed by atoms with Gasteiger partial charge in [0.15, 0.2) is 0 Å². The number of benzene rings is 2. The minimum absolute atomic E-state index is 0.00873. The van der Waals surface area contributed by atoms with E-state index >= 15 is 0 Å². The van der Waals surface area contributed by atoms with Gasteiger partial charge in [0, 0.05) is 38.8 Å². The molecule has 0 aromatic heterocycles. The van der Waals surface area contributed by atoms with Crippen molar-refractivity contribution in [2.75, 3.05) is 56.6 Å². The lowest BCUT2D eigenvalue weighted by Crippen LogP contribution is -2.47. The lowest BCUT2D eigenvalue weighted by molar-refractivity contribution is -0.383. The monoisotopic (exact) mass is 441 g/mol. The molecule has 2 amide bonds. The largest absolute Gasteiger partial charge is 0.495 e. The van der Waals surface area contributed by atoms with Crippen LogP contribution in [0.4, 0.5) is 17.1 Å². The van der Waals surface area contributed by atoms with Crippen LogP contribution in [0.25, 0.3) is 0 Å². The smallest absolute Gasteiger partial charge is 0.313 e. The molecule has 10 nitrogen and oxygen atoms in total. The minimum Gasteiger partial charge on any atom is -0.495 e. The van der Waals surface area contributed by atoms with Gasteiger partial charge in [0.05, 0.1) is 17.7 Å². The maximum absolute atomic E-state index is 12.0. The number of anilines is 2. The Bertz CT molecular complexity index is 959. The number of nitrogens with zero attached hydrogens (tertiary/aromatic N) is 3. The van der Waals surface area contributed by atoms with Crippen molar-refractivity contribution in [1.29, 1.82) is 0 Å². The zero-order chi connectivity index (χ0) is 22.9. The number of methoxy groups -OCH3 is 1. The van der Waals surface area contributed by atoms with Crippen LogP contribution in [-0.4, -0.2) is 68.0 Å². The second kappa shape index (κ2) is 11.1. The Morgan fingerprint density at radius 3 is 2.44 bits per heavy atom. The Kier molecular flexibility index (Phi) is 7.98. The molecule has 0 bridgehead atoms. The first-order valence-corrected chi connectivity index (χ1v) is 10.4. The van der Waals surface area contributed by atoms with Crippen LogP contribution in [0.3, 0.4) is 0 Å². The van der Waals surface area contributed by atoms with Crippen LogP contribution in [0.2, 0.25) is 0 Å². The van der Waals surface area contributed by atoms with Crippen molar-refractivity contribution in [1.82, 2.24) is 10.2 Å². The van der Waals surface area contributed by atoms with Gasteiger partial charge in [-0.3, -0.25) is 24.6 Å². The molecule has 0 radical (unpaired) electrons. The van der Waals surface area contributed by atoms with E-state index in [1.54, 1.807) is 13.2 Å². The molecule has 2 N–H and O–H groups in total. The molecule has 0 atom stereocenters. The van der Waals surface area contributed by atoms with Gasteiger partial charge < -0.3 is 20.3 Å². The third kappa shape index (κ3) is 5.94. The number of carbonyl (C=O) groups excluding carboxylic acids is 2. The van der Waals surface area contributed by atoms with Crippen molar-refractivity contribution in [3.8, 4) is 5.75 Å². The molecule has 2 aromatic carbocycles. The molecule has 0 spiro atoms. The van der Waals surface area contributed by atoms with E-state index in [0.29, 0.717) is 13.0 Å². The zero-order valence-corrected chi connectivity index (χ0v) is 18.0. The van der Waals surface area contributed by atoms with Crippen LogP contribution in [0.5, 0.6) is 5.75 Å². The Balaban J connectivity index is 1.37. The number of piperazine rings is 1. The summed E-state index contributed by atoms with van der Waals surface area (Å²) in [5.41, 5.74) is 0.818. The van der Waals surface area contributed by atoms with Crippen LogP contribution in [0.1, 0.15) is 6.42 Å². The van der Waals surface area contributed by atoms with Crippen molar-refractivity contribution < 1.29 is 19.2 Å². The van der Waals surface area contributed by atoms with E-state index in [1.807, 2.05) is 18.2 Å². The van der Waals surface area contributed by atoms with E-state index in [4.69, 9.17) is 4.74 Å². The summed E-state index contributed by atoms with van der Waals surface area (Å²) >= 11 is 0. The number of ether oxygens (including phenoxy) is 1. The predicted molar refractivity (Wildman–Crippen MR) is 121 cm³/mol. The number of hydrogen-bond acceptors (Lipinski definition) is 7. The summed E-state index contributed by atoms with van der Waals surface area (Å²) in [5, 5.41) is 15.9. The molecule has 2 aromatic rings. The summed E-state index contributed by atoms with van der Waals surface area (Å²) < 4.78 is 5.44. The number of nitro benzene ring substituents is 1. The van der Waals surface area contributed by atoms with E-state index < -0.39 is 16.7 Å². The van der Waals surface area contributed by atoms with Crippen LogP contribution >= 0.6 is 0 Å². The molecule has 32 heavy (non-hydrogen) atoms. The van der Waals surface area contributed by atoms with Gasteiger partial charge in [-0.2, -0.15) is 0 Å². The zero-order valence-electron chi connectivity index (χ0n) is 18.0. The fraction of sp³-hybridized carbons (Fsp3) is 0.364. The Morgan fingerprint density at radius 2 is 1.72 bits per heavy atom. The lowest BCUT2D eigenvalue weighted by atomic mass is 10.2. The maximum atomic E-state index is 12.0. The molecule has 1 saturated heterocycles. The summed E-state index contributed by atoms with van der Waals surface area (Å²) in [6.45, 7) is 4.69. The van der Waals surface area contributed by atoms with E-state index in [2.05, 4.69) is 26.5 Å². The topological polar surface area (TPSA) is 117 Å². The van der Waals surface area contributed by atoms with Gasteiger partial charge in [-0.05, 0) is 31.2 Å². The highest BCUT2D eigenvalue weighted by Gasteiger charge is 2.21. The van der Waals surface area contributed by atoms with E-state index in [9.17, 15) is 19.7 Å². The van der Waals surface area contributed by atoms with Gasteiger partial charge in [0.2, 0.25) is 0 Å². The highest BCUT2D eigenvalue weighted by molar-refractivity contribution is 6.39. The van der Waals surface area contributed by atoms with Gasteiger partial charge >= 0.3 is 11.8 Å². The van der Waals surface area contributed by atoms with Crippen molar-refractivity contribution in [2.45, 2.75) is 6.42 Å². The fourth-order valence-corrected chi connectivity index (χ4v) is 3.61. The second-order valence-electron chi connectivity index (χ2n) is 7.34. The molecule has 0 saturated carbocycles. The van der Waals surface area contributed by atoms with Gasteiger partial charge in [-0.1, -0.05) is 24.3 Å². The van der Waals surface area contributed by atoms with E-state index in [1.165, 1.54) is 18.2 Å². The van der Waals surface area contributed by atoms with E-state index in [-0.39, 0.29) is 11.4 Å². The molecular weight excluding hydrogens is 414 g/mol. The number of carbonyl (C=O) groups is 2. The van der Waals surface area contributed by atoms with Gasteiger partial charge in [-0.25, -0.2) is 0 Å². The van der Waals surface area contributed by atoms with Crippen LogP contribution < -0.4 is 20.3 Å². The number of nitrogens with one attached hydrogen (secondary N) is 2. The molecule has 3 rings (SSSR count). The Hall–Kier alpha value is -3.66. The first-order valence-electron chi connectivity index (χ1n) is 10.4. The molecular formula is C22H27N5O5. The molecule has 1 fully saturated rings. The molecule has 0 unspecified atom stereocenters. The molecule has 1 aliphatic rings. The van der Waals surface area contributed by atoms with Crippen molar-refractivity contribution in [3.05, 3.63) is 58.6 Å². The number of hydrogen-bond donors (Lipinski definition) is 2. The fourth-order valence-electron chi connectivity index (χ4n) is 3.61. The summed E-state index contributed by atoms with van der Waals surface area (Å²) in [5.74, 6) is -0.878. The summed E-state index contributed by atoms with van der Waals surface area (Å²) in [6.07, 6.45) is 0.694. The third-order valence-corrected chi connectivity index (χ3v) is 5.29. The summed E-state index contributed by atoms with van der Waals surface area (Å²) in [7, 11) is 1.67. The molecule has 170 valence electrons. The lowest BCUT2D eigenvalue weighted by Gasteiger charge is -2.36. The van der Waals surface area contributed by atoms with Crippen molar-refractivity contribution in [2.24, 2.45) is 0 Å². The van der Waals surface area contributed by atoms with Gasteiger partial charge in [0.25, 0.3) is 5.69 Å². The maximum Gasteiger partial charge on any atom is 0.313 e. The minimum atomic E-state index is -0.926. The number of para-hydroxylation sites is 4. The van der Waals surface area contributed by atoms with Gasteiger partial charge in [-0.15, -0.1) is 0 Å². The molecule has 10 heteroatoms. The highest BCUT2D eigenvalue weighted by atomic mass is 16.6. The number of amides is 2. The summed E-state index contributed by atoms with van der Waals surface area (Å²) in [4.78, 5) is 39.1. The standard InChI is InChI=1S/C22H27N5O5/c1-32-20-10-5-4-9-19(20)26-15-13-25(14-16-26)12-6-11-23-21(28)22(29)24-17-7-2-3-8-18(17)27(30)31/h2-5,7-10H,6,11-16H2,1H3,(H,23,28)(H,24,29). The average molecular weight is 441 g/mol.